The van der Waals surface area contributed by atoms with Gasteiger partial charge in [-0.1, -0.05) is 25.1 Å². The summed E-state index contributed by atoms with van der Waals surface area (Å²) in [6, 6.07) is 11.2. The molecule has 1 aromatic carbocycles. The van der Waals surface area contributed by atoms with Crippen molar-refractivity contribution in [1.29, 1.82) is 0 Å². The van der Waals surface area contributed by atoms with Crippen molar-refractivity contribution in [3.05, 3.63) is 47.3 Å². The fourth-order valence-electron chi connectivity index (χ4n) is 3.83. The van der Waals surface area contributed by atoms with E-state index < -0.39 is 0 Å². The van der Waals surface area contributed by atoms with Gasteiger partial charge in [0.15, 0.2) is 0 Å². The largest absolute Gasteiger partial charge is 0.293 e. The monoisotopic (exact) mass is 327 g/mol. The zero-order valence-corrected chi connectivity index (χ0v) is 14.9. The first-order valence-electron chi connectivity index (χ1n) is 8.75. The van der Waals surface area contributed by atoms with Crippen molar-refractivity contribution in [2.45, 2.75) is 50.9 Å². The van der Waals surface area contributed by atoms with Crippen LogP contribution in [0.15, 0.2) is 30.3 Å². The Morgan fingerprint density at radius 2 is 2.00 bits per heavy atom. The lowest BCUT2D eigenvalue weighted by Crippen LogP contribution is -2.44. The van der Waals surface area contributed by atoms with Crippen molar-refractivity contribution < 1.29 is 0 Å². The van der Waals surface area contributed by atoms with Crippen LogP contribution in [0.4, 0.5) is 0 Å². The minimum absolute atomic E-state index is 0.632. The standard InChI is InChI=1S/C19H25N3S/c1-14-15(2)23-12-11-21(14)13-18-17-9-6-10-19(17)22(20-18)16-7-4-3-5-8-16/h3-5,7-8,14-15H,6,9-13H2,1-2H3/t14-,15+/m0/s1. The summed E-state index contributed by atoms with van der Waals surface area (Å²) in [5, 5.41) is 5.74. The van der Waals surface area contributed by atoms with Gasteiger partial charge in [0, 0.05) is 35.8 Å². The van der Waals surface area contributed by atoms with Crippen molar-refractivity contribution >= 4 is 11.8 Å². The van der Waals surface area contributed by atoms with Crippen molar-refractivity contribution in [2.75, 3.05) is 12.3 Å². The third-order valence-corrected chi connectivity index (χ3v) is 6.72. The van der Waals surface area contributed by atoms with Crippen molar-refractivity contribution in [3.8, 4) is 5.69 Å². The number of aromatic nitrogens is 2. The fourth-order valence-corrected chi connectivity index (χ4v) is 5.00. The highest BCUT2D eigenvalue weighted by atomic mass is 32.2. The summed E-state index contributed by atoms with van der Waals surface area (Å²) in [5.41, 5.74) is 5.48. The Bertz CT molecular complexity index is 679. The number of nitrogens with zero attached hydrogens (tertiary/aromatic N) is 3. The third kappa shape index (κ3) is 2.83. The Morgan fingerprint density at radius 3 is 2.83 bits per heavy atom. The predicted octanol–water partition coefficient (Wildman–Crippen LogP) is 3.69. The minimum Gasteiger partial charge on any atom is -0.293 e. The first-order valence-corrected chi connectivity index (χ1v) is 9.79. The van der Waals surface area contributed by atoms with Crippen molar-refractivity contribution in [2.24, 2.45) is 0 Å². The Morgan fingerprint density at radius 1 is 1.17 bits per heavy atom. The average Bonchev–Trinajstić information content (AvgIpc) is 3.16. The molecule has 0 unspecified atom stereocenters. The van der Waals surface area contributed by atoms with Gasteiger partial charge in [-0.3, -0.25) is 4.90 Å². The molecule has 2 aliphatic rings. The van der Waals surface area contributed by atoms with E-state index in [9.17, 15) is 0 Å². The van der Waals surface area contributed by atoms with Gasteiger partial charge in [-0.25, -0.2) is 4.68 Å². The molecule has 122 valence electrons. The molecular formula is C19H25N3S. The quantitative estimate of drug-likeness (QED) is 0.858. The number of hydrogen-bond donors (Lipinski definition) is 0. The Kier molecular flexibility index (Phi) is 4.20. The number of thioether (sulfide) groups is 1. The van der Waals surface area contributed by atoms with Crippen LogP contribution in [0.2, 0.25) is 0 Å². The van der Waals surface area contributed by atoms with Crippen LogP contribution in [0.25, 0.3) is 5.69 Å². The van der Waals surface area contributed by atoms with Crippen molar-refractivity contribution in [3.63, 3.8) is 0 Å². The predicted molar refractivity (Wildman–Crippen MR) is 97.4 cm³/mol. The molecule has 0 saturated carbocycles. The van der Waals surface area contributed by atoms with E-state index in [4.69, 9.17) is 5.10 Å². The maximum absolute atomic E-state index is 5.02. The molecule has 1 aliphatic heterocycles. The van der Waals surface area contributed by atoms with Crippen LogP contribution in [-0.4, -0.2) is 38.3 Å². The Balaban J connectivity index is 1.65. The second-order valence-electron chi connectivity index (χ2n) is 6.76. The first-order chi connectivity index (χ1) is 11.2. The topological polar surface area (TPSA) is 21.1 Å². The van der Waals surface area contributed by atoms with Gasteiger partial charge in [0.25, 0.3) is 0 Å². The number of benzene rings is 1. The maximum atomic E-state index is 5.02. The van der Waals surface area contributed by atoms with E-state index in [2.05, 4.69) is 65.5 Å². The molecule has 1 fully saturated rings. The lowest BCUT2D eigenvalue weighted by Gasteiger charge is -2.37. The lowest BCUT2D eigenvalue weighted by molar-refractivity contribution is 0.201. The minimum atomic E-state index is 0.632. The lowest BCUT2D eigenvalue weighted by atomic mass is 10.1. The SMILES string of the molecule is C[C@H]1SCCN(Cc2nn(-c3ccccc3)c3c2CCC3)[C@H]1C. The van der Waals surface area contributed by atoms with Gasteiger partial charge in [0.05, 0.1) is 11.4 Å². The molecule has 0 amide bonds. The fraction of sp³-hybridized carbons (Fsp3) is 0.526. The molecule has 0 bridgehead atoms. The van der Waals surface area contributed by atoms with E-state index in [1.54, 1.807) is 0 Å². The summed E-state index contributed by atoms with van der Waals surface area (Å²) in [7, 11) is 0. The summed E-state index contributed by atoms with van der Waals surface area (Å²) in [6.07, 6.45) is 3.64. The second kappa shape index (κ2) is 6.33. The summed E-state index contributed by atoms with van der Waals surface area (Å²) >= 11 is 2.10. The molecule has 0 spiro atoms. The van der Waals surface area contributed by atoms with Crippen LogP contribution in [0, 0.1) is 0 Å². The molecule has 2 heterocycles. The van der Waals surface area contributed by atoms with Crippen LogP contribution in [0.5, 0.6) is 0 Å². The number of fused-ring (bicyclic) bond motifs is 1. The Labute approximate surface area is 143 Å². The van der Waals surface area contributed by atoms with Crippen LogP contribution in [0.1, 0.15) is 37.2 Å². The van der Waals surface area contributed by atoms with E-state index in [0.717, 1.165) is 6.54 Å². The molecule has 0 N–H and O–H groups in total. The molecular weight excluding hydrogens is 302 g/mol. The van der Waals surface area contributed by atoms with Gasteiger partial charge >= 0.3 is 0 Å². The van der Waals surface area contributed by atoms with Crippen LogP contribution >= 0.6 is 11.8 Å². The van der Waals surface area contributed by atoms with Gasteiger partial charge in [-0.2, -0.15) is 16.9 Å². The molecule has 4 rings (SSSR count). The van der Waals surface area contributed by atoms with Gasteiger partial charge in [0.2, 0.25) is 0 Å². The van der Waals surface area contributed by atoms with E-state index in [-0.39, 0.29) is 0 Å². The van der Waals surface area contributed by atoms with Crippen LogP contribution < -0.4 is 0 Å². The molecule has 2 atom stereocenters. The molecule has 0 radical (unpaired) electrons. The van der Waals surface area contributed by atoms with Gasteiger partial charge in [0.1, 0.15) is 0 Å². The van der Waals surface area contributed by atoms with Gasteiger partial charge in [-0.05, 0) is 43.9 Å². The normalized spacial score (nSPS) is 24.8. The van der Waals surface area contributed by atoms with E-state index in [1.807, 2.05) is 0 Å². The summed E-state index contributed by atoms with van der Waals surface area (Å²) in [6.45, 7) is 6.91. The smallest absolute Gasteiger partial charge is 0.0804 e. The zero-order valence-electron chi connectivity index (χ0n) is 14.0. The number of rotatable bonds is 3. The van der Waals surface area contributed by atoms with Crippen molar-refractivity contribution in [1.82, 2.24) is 14.7 Å². The zero-order chi connectivity index (χ0) is 15.8. The molecule has 1 aliphatic carbocycles. The van der Waals surface area contributed by atoms with Crippen LogP contribution in [0.3, 0.4) is 0 Å². The second-order valence-corrected chi connectivity index (χ2v) is 8.24. The molecule has 4 heteroatoms. The molecule has 1 aromatic heterocycles. The molecule has 3 nitrogen and oxygen atoms in total. The molecule has 2 aromatic rings. The van der Waals surface area contributed by atoms with E-state index in [1.165, 1.54) is 54.2 Å². The van der Waals surface area contributed by atoms with Gasteiger partial charge in [-0.15, -0.1) is 0 Å². The maximum Gasteiger partial charge on any atom is 0.0804 e. The number of para-hydroxylation sites is 1. The summed E-state index contributed by atoms with van der Waals surface area (Å²) in [5.74, 6) is 1.24. The number of hydrogen-bond acceptors (Lipinski definition) is 3. The molecule has 1 saturated heterocycles. The highest BCUT2D eigenvalue weighted by Gasteiger charge is 2.29. The van der Waals surface area contributed by atoms with Crippen LogP contribution in [-0.2, 0) is 19.4 Å². The highest BCUT2D eigenvalue weighted by molar-refractivity contribution is 8.00. The Hall–Kier alpha value is -1.26. The summed E-state index contributed by atoms with van der Waals surface area (Å²) in [4.78, 5) is 2.62. The van der Waals surface area contributed by atoms with E-state index >= 15 is 0 Å². The highest BCUT2D eigenvalue weighted by Crippen LogP contribution is 2.31. The molecule has 23 heavy (non-hydrogen) atoms. The first kappa shape index (κ1) is 15.3. The van der Waals surface area contributed by atoms with Gasteiger partial charge < -0.3 is 0 Å². The van der Waals surface area contributed by atoms with E-state index in [0.29, 0.717) is 11.3 Å². The average molecular weight is 327 g/mol. The summed E-state index contributed by atoms with van der Waals surface area (Å²) < 4.78 is 2.20. The third-order valence-electron chi connectivity index (χ3n) is 5.38.